The fourth-order valence-corrected chi connectivity index (χ4v) is 1.60. The van der Waals surface area contributed by atoms with Crippen LogP contribution >= 0.6 is 22.6 Å². The maximum Gasteiger partial charge on any atom is 0.328 e. The number of hydrogen-bond acceptors (Lipinski definition) is 3. The van der Waals surface area contributed by atoms with Gasteiger partial charge in [-0.15, -0.1) is 0 Å². The molecule has 0 saturated carbocycles. The first-order valence-corrected chi connectivity index (χ1v) is 5.52. The number of halogens is 1. The summed E-state index contributed by atoms with van der Waals surface area (Å²) >= 11 is 2.05. The Bertz CT molecular complexity index is 408. The van der Waals surface area contributed by atoms with Crippen LogP contribution in [0.3, 0.4) is 0 Å². The number of benzene rings is 1. The lowest BCUT2D eigenvalue weighted by Gasteiger charge is -2.11. The summed E-state index contributed by atoms with van der Waals surface area (Å²) < 4.78 is 0.876. The van der Waals surface area contributed by atoms with Gasteiger partial charge in [0.15, 0.2) is 6.04 Å². The van der Waals surface area contributed by atoms with Gasteiger partial charge in [0.1, 0.15) is 0 Å². The zero-order chi connectivity index (χ0) is 12.1. The van der Waals surface area contributed by atoms with Crippen molar-refractivity contribution in [2.75, 3.05) is 6.61 Å². The normalized spacial score (nSPS) is 11.9. The standard InChI is InChI=1S/C10H10INO4/c11-7-3-1-2-6(4-7)9(14)12-8(5-13)10(15)16/h1-4,8,13H,5H2,(H,12,14)(H,15,16)/t8-/m0/s1. The third-order valence-corrected chi connectivity index (χ3v) is 2.54. The predicted octanol–water partition coefficient (Wildman–Crippen LogP) is 0.466. The topological polar surface area (TPSA) is 86.6 Å². The smallest absolute Gasteiger partial charge is 0.328 e. The monoisotopic (exact) mass is 335 g/mol. The van der Waals surface area contributed by atoms with Crippen LogP contribution in [0, 0.1) is 3.57 Å². The van der Waals surface area contributed by atoms with Crippen LogP contribution < -0.4 is 5.32 Å². The molecule has 0 heterocycles. The molecule has 5 nitrogen and oxygen atoms in total. The lowest BCUT2D eigenvalue weighted by molar-refractivity contribution is -0.140. The number of aliphatic hydroxyl groups is 1. The van der Waals surface area contributed by atoms with E-state index in [-0.39, 0.29) is 0 Å². The molecule has 0 fully saturated rings. The number of rotatable bonds is 4. The van der Waals surface area contributed by atoms with E-state index in [1.807, 2.05) is 28.7 Å². The van der Waals surface area contributed by atoms with E-state index in [0.717, 1.165) is 3.57 Å². The molecule has 0 aliphatic heterocycles. The van der Waals surface area contributed by atoms with Crippen molar-refractivity contribution in [1.29, 1.82) is 0 Å². The van der Waals surface area contributed by atoms with Crippen molar-refractivity contribution in [3.8, 4) is 0 Å². The molecule has 1 amide bonds. The lowest BCUT2D eigenvalue weighted by atomic mass is 10.2. The largest absolute Gasteiger partial charge is 0.480 e. The molecule has 6 heteroatoms. The Morgan fingerprint density at radius 3 is 2.62 bits per heavy atom. The van der Waals surface area contributed by atoms with Crippen LogP contribution in [0.1, 0.15) is 10.4 Å². The van der Waals surface area contributed by atoms with Crippen molar-refractivity contribution in [3.05, 3.63) is 33.4 Å². The van der Waals surface area contributed by atoms with Gasteiger partial charge in [0.25, 0.3) is 5.91 Å². The van der Waals surface area contributed by atoms with Crippen molar-refractivity contribution in [2.24, 2.45) is 0 Å². The highest BCUT2D eigenvalue weighted by atomic mass is 127. The summed E-state index contributed by atoms with van der Waals surface area (Å²) in [6.07, 6.45) is 0. The third-order valence-electron chi connectivity index (χ3n) is 1.87. The second kappa shape index (κ2) is 5.80. The minimum Gasteiger partial charge on any atom is -0.480 e. The Morgan fingerprint density at radius 1 is 1.44 bits per heavy atom. The van der Waals surface area contributed by atoms with Gasteiger partial charge in [-0.05, 0) is 40.8 Å². The minimum atomic E-state index is -1.27. The van der Waals surface area contributed by atoms with Crippen molar-refractivity contribution in [1.82, 2.24) is 5.32 Å². The van der Waals surface area contributed by atoms with E-state index in [9.17, 15) is 9.59 Å². The molecule has 0 aliphatic carbocycles. The fraction of sp³-hybridized carbons (Fsp3) is 0.200. The molecule has 1 aromatic rings. The highest BCUT2D eigenvalue weighted by molar-refractivity contribution is 14.1. The molecule has 3 N–H and O–H groups in total. The molecule has 0 aromatic heterocycles. The minimum absolute atomic E-state index is 0.367. The summed E-state index contributed by atoms with van der Waals surface area (Å²) in [7, 11) is 0. The Kier molecular flexibility index (Phi) is 4.69. The summed E-state index contributed by atoms with van der Waals surface area (Å²) in [6, 6.07) is 5.45. The van der Waals surface area contributed by atoms with Crippen molar-refractivity contribution in [3.63, 3.8) is 0 Å². The molecule has 1 rings (SSSR count). The van der Waals surface area contributed by atoms with Gasteiger partial charge in [-0.25, -0.2) is 4.79 Å². The van der Waals surface area contributed by atoms with Crippen LogP contribution in [0.4, 0.5) is 0 Å². The van der Waals surface area contributed by atoms with Gasteiger partial charge in [-0.3, -0.25) is 4.79 Å². The first-order valence-electron chi connectivity index (χ1n) is 4.44. The number of nitrogens with one attached hydrogen (secondary N) is 1. The fourth-order valence-electron chi connectivity index (χ4n) is 1.06. The number of carboxylic acid groups (broad SMARTS) is 1. The molecule has 16 heavy (non-hydrogen) atoms. The molecule has 0 radical (unpaired) electrons. The molecular weight excluding hydrogens is 325 g/mol. The van der Waals surface area contributed by atoms with Gasteiger partial charge < -0.3 is 15.5 Å². The number of hydrogen-bond donors (Lipinski definition) is 3. The second-order valence-electron chi connectivity index (χ2n) is 3.06. The summed E-state index contributed by atoms with van der Waals surface area (Å²) in [5.41, 5.74) is 0.367. The molecule has 0 aliphatic rings. The van der Waals surface area contributed by atoms with Gasteiger partial charge in [0.2, 0.25) is 0 Å². The number of amides is 1. The number of aliphatic hydroxyl groups excluding tert-OH is 1. The quantitative estimate of drug-likeness (QED) is 0.698. The molecule has 0 saturated heterocycles. The van der Waals surface area contributed by atoms with Crippen LogP contribution in [0.5, 0.6) is 0 Å². The molecular formula is C10H10INO4. The van der Waals surface area contributed by atoms with Gasteiger partial charge in [-0.2, -0.15) is 0 Å². The van der Waals surface area contributed by atoms with Crippen molar-refractivity contribution >= 4 is 34.5 Å². The van der Waals surface area contributed by atoms with Crippen LogP contribution in [-0.4, -0.2) is 34.7 Å². The number of aliphatic carboxylic acids is 1. The van der Waals surface area contributed by atoms with Gasteiger partial charge >= 0.3 is 5.97 Å². The number of carbonyl (C=O) groups excluding carboxylic acids is 1. The van der Waals surface area contributed by atoms with E-state index in [1.54, 1.807) is 18.2 Å². The first kappa shape index (κ1) is 12.9. The van der Waals surface area contributed by atoms with Gasteiger partial charge in [0, 0.05) is 9.13 Å². The Balaban J connectivity index is 2.75. The zero-order valence-corrected chi connectivity index (χ0v) is 10.3. The number of carboxylic acids is 1. The summed E-state index contributed by atoms with van der Waals surface area (Å²) in [6.45, 7) is -0.634. The highest BCUT2D eigenvalue weighted by Crippen LogP contribution is 2.07. The summed E-state index contributed by atoms with van der Waals surface area (Å²) in [4.78, 5) is 22.2. The van der Waals surface area contributed by atoms with E-state index in [4.69, 9.17) is 10.2 Å². The van der Waals surface area contributed by atoms with Crippen LogP contribution in [0.2, 0.25) is 0 Å². The van der Waals surface area contributed by atoms with Crippen molar-refractivity contribution in [2.45, 2.75) is 6.04 Å². The second-order valence-corrected chi connectivity index (χ2v) is 4.30. The SMILES string of the molecule is O=C(N[C@@H](CO)C(=O)O)c1cccc(I)c1. The molecule has 0 bridgehead atoms. The molecule has 1 aromatic carbocycles. The molecule has 1 atom stereocenters. The number of carbonyl (C=O) groups is 2. The average molecular weight is 335 g/mol. The van der Waals surface area contributed by atoms with Crippen LogP contribution in [0.25, 0.3) is 0 Å². The molecule has 0 spiro atoms. The lowest BCUT2D eigenvalue weighted by Crippen LogP contribution is -2.43. The maximum atomic E-state index is 11.6. The molecule has 86 valence electrons. The van der Waals surface area contributed by atoms with Crippen molar-refractivity contribution < 1.29 is 19.8 Å². The van der Waals surface area contributed by atoms with E-state index in [1.165, 1.54) is 0 Å². The molecule has 0 unspecified atom stereocenters. The van der Waals surface area contributed by atoms with E-state index in [2.05, 4.69) is 5.32 Å². The van der Waals surface area contributed by atoms with E-state index < -0.39 is 24.5 Å². The summed E-state index contributed by atoms with van der Waals surface area (Å²) in [5, 5.41) is 19.6. The van der Waals surface area contributed by atoms with Crippen LogP contribution in [-0.2, 0) is 4.79 Å². The average Bonchev–Trinajstić information content (AvgIpc) is 2.25. The van der Waals surface area contributed by atoms with E-state index in [0.29, 0.717) is 5.56 Å². The zero-order valence-electron chi connectivity index (χ0n) is 8.18. The summed E-state index contributed by atoms with van der Waals surface area (Å²) in [5.74, 6) is -1.78. The van der Waals surface area contributed by atoms with E-state index >= 15 is 0 Å². The van der Waals surface area contributed by atoms with Gasteiger partial charge in [-0.1, -0.05) is 6.07 Å². The Hall–Kier alpha value is -1.15. The highest BCUT2D eigenvalue weighted by Gasteiger charge is 2.19. The Labute approximate surface area is 106 Å². The Morgan fingerprint density at radius 2 is 2.12 bits per heavy atom. The van der Waals surface area contributed by atoms with Gasteiger partial charge in [0.05, 0.1) is 6.61 Å². The van der Waals surface area contributed by atoms with Crippen LogP contribution in [0.15, 0.2) is 24.3 Å². The third kappa shape index (κ3) is 3.46. The predicted molar refractivity (Wildman–Crippen MR) is 65.1 cm³/mol. The first-order chi connectivity index (χ1) is 7.54. The maximum absolute atomic E-state index is 11.6.